The predicted octanol–water partition coefficient (Wildman–Crippen LogP) is 4.33. The van der Waals surface area contributed by atoms with E-state index in [1.165, 1.54) is 18.7 Å². The number of ether oxygens (including phenoxy) is 1. The fourth-order valence-corrected chi connectivity index (χ4v) is 4.63. The minimum Gasteiger partial charge on any atom is -0.444 e. The molecule has 1 amide bonds. The molecule has 38 heavy (non-hydrogen) atoms. The molecule has 11 heteroatoms. The molecule has 4 aromatic rings. The summed E-state index contributed by atoms with van der Waals surface area (Å²) >= 11 is 0. The van der Waals surface area contributed by atoms with Gasteiger partial charge in [-0.05, 0) is 33.8 Å². The molecule has 194 valence electrons. The molecule has 4 heterocycles. The molecule has 0 saturated carbocycles. The van der Waals surface area contributed by atoms with Crippen molar-refractivity contribution in [3.05, 3.63) is 60.7 Å². The number of carbonyl (C=O) groups is 1. The number of anilines is 1. The summed E-state index contributed by atoms with van der Waals surface area (Å²) in [7, 11) is 0. The van der Waals surface area contributed by atoms with Crippen LogP contribution in [-0.4, -0.2) is 66.8 Å². The molecule has 1 aliphatic rings. The number of nitrogens with zero attached hydrogens (tertiary/aromatic N) is 8. The molecule has 0 bridgehead atoms. The van der Waals surface area contributed by atoms with Crippen molar-refractivity contribution in [2.45, 2.75) is 39.3 Å². The number of amides is 1. The van der Waals surface area contributed by atoms with Crippen molar-refractivity contribution in [1.82, 2.24) is 29.4 Å². The van der Waals surface area contributed by atoms with Crippen molar-refractivity contribution in [3.63, 3.8) is 0 Å². The molecular formula is C27H27FN8O2. The standard InChI is InChI=1S/C27H27FN8O2/c1-17-13-34(26(37)38-27(2,3)4)9-10-35(17)24-23-20(19-7-5-6-8-21(19)28)14-36(25(23)33-16-32-24)22-11-18(12-29)30-15-31-22/h5-8,11,14-17H,9-10,13H2,1-4H3/t17-/m0/s1. The first-order valence-electron chi connectivity index (χ1n) is 12.2. The average molecular weight is 515 g/mol. The molecule has 0 aliphatic carbocycles. The normalized spacial score (nSPS) is 15.9. The van der Waals surface area contributed by atoms with Crippen LogP contribution in [-0.2, 0) is 4.74 Å². The highest BCUT2D eigenvalue weighted by molar-refractivity contribution is 6.02. The maximum absolute atomic E-state index is 15.1. The highest BCUT2D eigenvalue weighted by Crippen LogP contribution is 2.38. The van der Waals surface area contributed by atoms with Crippen LogP contribution in [0, 0.1) is 17.1 Å². The van der Waals surface area contributed by atoms with Gasteiger partial charge in [0.25, 0.3) is 0 Å². The highest BCUT2D eigenvalue weighted by Gasteiger charge is 2.32. The summed E-state index contributed by atoms with van der Waals surface area (Å²) in [4.78, 5) is 33.9. The fraction of sp³-hybridized carbons (Fsp3) is 0.333. The number of hydrogen-bond donors (Lipinski definition) is 0. The predicted molar refractivity (Wildman–Crippen MR) is 139 cm³/mol. The van der Waals surface area contributed by atoms with Gasteiger partial charge in [0.05, 0.1) is 5.39 Å². The number of carbonyl (C=O) groups excluding carboxylic acids is 1. The number of halogens is 1. The summed E-state index contributed by atoms with van der Waals surface area (Å²) in [5.74, 6) is 0.666. The lowest BCUT2D eigenvalue weighted by molar-refractivity contribution is 0.0218. The fourth-order valence-electron chi connectivity index (χ4n) is 4.63. The largest absolute Gasteiger partial charge is 0.444 e. The van der Waals surface area contributed by atoms with Crippen LogP contribution in [0.4, 0.5) is 15.0 Å². The van der Waals surface area contributed by atoms with Gasteiger partial charge in [0.15, 0.2) is 5.65 Å². The van der Waals surface area contributed by atoms with Crippen LogP contribution in [0.25, 0.3) is 28.0 Å². The minimum atomic E-state index is -0.583. The van der Waals surface area contributed by atoms with Crippen molar-refractivity contribution >= 4 is 22.9 Å². The third-order valence-electron chi connectivity index (χ3n) is 6.29. The van der Waals surface area contributed by atoms with Crippen LogP contribution in [0.15, 0.2) is 49.2 Å². The van der Waals surface area contributed by atoms with Crippen LogP contribution in [0.2, 0.25) is 0 Å². The maximum Gasteiger partial charge on any atom is 0.410 e. The summed E-state index contributed by atoms with van der Waals surface area (Å²) in [6, 6.07) is 9.98. The van der Waals surface area contributed by atoms with E-state index in [1.807, 2.05) is 33.8 Å². The minimum absolute atomic E-state index is 0.101. The van der Waals surface area contributed by atoms with E-state index >= 15 is 4.39 Å². The van der Waals surface area contributed by atoms with Gasteiger partial charge < -0.3 is 14.5 Å². The molecule has 0 unspecified atom stereocenters. The summed E-state index contributed by atoms with van der Waals surface area (Å²) < 4.78 is 22.3. The van der Waals surface area contributed by atoms with E-state index in [0.29, 0.717) is 53.4 Å². The van der Waals surface area contributed by atoms with E-state index in [-0.39, 0.29) is 23.6 Å². The highest BCUT2D eigenvalue weighted by atomic mass is 19.1. The second-order valence-electron chi connectivity index (χ2n) is 10.1. The van der Waals surface area contributed by atoms with E-state index in [1.54, 1.807) is 39.9 Å². The zero-order valence-corrected chi connectivity index (χ0v) is 21.6. The molecule has 5 rings (SSSR count). The number of piperazine rings is 1. The molecule has 1 saturated heterocycles. The average Bonchev–Trinajstić information content (AvgIpc) is 3.28. The van der Waals surface area contributed by atoms with Gasteiger partial charge in [-0.15, -0.1) is 0 Å². The Bertz CT molecular complexity index is 1550. The number of rotatable bonds is 3. The number of nitriles is 1. The third-order valence-corrected chi connectivity index (χ3v) is 6.29. The first-order valence-corrected chi connectivity index (χ1v) is 12.2. The zero-order chi connectivity index (χ0) is 27.0. The SMILES string of the molecule is C[C@H]1CN(C(=O)OC(C)(C)C)CCN1c1ncnc2c1c(-c1ccccc1F)cn2-c1cc(C#N)ncn1. The van der Waals surface area contributed by atoms with Gasteiger partial charge in [-0.3, -0.25) is 4.57 Å². The molecule has 0 spiro atoms. The van der Waals surface area contributed by atoms with Crippen LogP contribution in [0.5, 0.6) is 0 Å². The van der Waals surface area contributed by atoms with Gasteiger partial charge in [0, 0.05) is 49.1 Å². The molecule has 10 nitrogen and oxygen atoms in total. The van der Waals surface area contributed by atoms with E-state index < -0.39 is 5.60 Å². The van der Waals surface area contributed by atoms with Crippen molar-refractivity contribution in [2.75, 3.05) is 24.5 Å². The Balaban J connectivity index is 1.62. The zero-order valence-electron chi connectivity index (χ0n) is 21.6. The van der Waals surface area contributed by atoms with Crippen molar-refractivity contribution in [1.29, 1.82) is 5.26 Å². The number of benzene rings is 1. The first-order chi connectivity index (χ1) is 18.2. The quantitative estimate of drug-likeness (QED) is 0.397. The van der Waals surface area contributed by atoms with Crippen LogP contribution >= 0.6 is 0 Å². The topological polar surface area (TPSA) is 113 Å². The molecule has 1 aromatic carbocycles. The van der Waals surface area contributed by atoms with Crippen molar-refractivity contribution in [3.8, 4) is 23.0 Å². The lowest BCUT2D eigenvalue weighted by Gasteiger charge is -2.41. The summed E-state index contributed by atoms with van der Waals surface area (Å²) in [5, 5.41) is 9.99. The van der Waals surface area contributed by atoms with Gasteiger partial charge in [0.2, 0.25) is 0 Å². The van der Waals surface area contributed by atoms with Crippen LogP contribution in [0.1, 0.15) is 33.4 Å². The smallest absolute Gasteiger partial charge is 0.410 e. The monoisotopic (exact) mass is 514 g/mol. The Morgan fingerprint density at radius 3 is 2.58 bits per heavy atom. The lowest BCUT2D eigenvalue weighted by atomic mass is 10.0. The Kier molecular flexibility index (Phi) is 6.40. The van der Waals surface area contributed by atoms with Gasteiger partial charge in [-0.25, -0.2) is 29.1 Å². The van der Waals surface area contributed by atoms with E-state index in [9.17, 15) is 10.1 Å². The third kappa shape index (κ3) is 4.72. The Morgan fingerprint density at radius 2 is 1.87 bits per heavy atom. The van der Waals surface area contributed by atoms with Gasteiger partial charge >= 0.3 is 6.09 Å². The molecular weight excluding hydrogens is 487 g/mol. The Hall–Kier alpha value is -4.59. The van der Waals surface area contributed by atoms with Crippen molar-refractivity contribution < 1.29 is 13.9 Å². The lowest BCUT2D eigenvalue weighted by Crippen LogP contribution is -2.54. The Morgan fingerprint density at radius 1 is 1.11 bits per heavy atom. The molecule has 0 radical (unpaired) electrons. The molecule has 1 fully saturated rings. The molecule has 1 aliphatic heterocycles. The van der Waals surface area contributed by atoms with Gasteiger partial charge in [0.1, 0.15) is 47.5 Å². The molecule has 3 aromatic heterocycles. The number of aromatic nitrogens is 5. The van der Waals surface area contributed by atoms with Crippen LogP contribution < -0.4 is 4.90 Å². The maximum atomic E-state index is 15.1. The number of fused-ring (bicyclic) bond motifs is 1. The second kappa shape index (κ2) is 9.70. The van der Waals surface area contributed by atoms with E-state index in [4.69, 9.17) is 4.74 Å². The Labute approximate surface area is 219 Å². The summed E-state index contributed by atoms with van der Waals surface area (Å²) in [6.07, 6.45) is 4.17. The van der Waals surface area contributed by atoms with Crippen molar-refractivity contribution in [2.24, 2.45) is 0 Å². The second-order valence-corrected chi connectivity index (χ2v) is 10.1. The van der Waals surface area contributed by atoms with Gasteiger partial charge in [-0.2, -0.15) is 5.26 Å². The van der Waals surface area contributed by atoms with E-state index in [2.05, 4.69) is 24.8 Å². The summed E-state index contributed by atoms with van der Waals surface area (Å²) in [5.41, 5.74) is 1.11. The van der Waals surface area contributed by atoms with Crippen LogP contribution in [0.3, 0.4) is 0 Å². The summed E-state index contributed by atoms with van der Waals surface area (Å²) in [6.45, 7) is 8.91. The number of hydrogen-bond acceptors (Lipinski definition) is 8. The van der Waals surface area contributed by atoms with E-state index in [0.717, 1.165) is 0 Å². The molecule has 1 atom stereocenters. The molecule has 0 N–H and O–H groups in total. The first kappa shape index (κ1) is 25.1. The van der Waals surface area contributed by atoms with Gasteiger partial charge in [-0.1, -0.05) is 18.2 Å².